The second-order valence-corrected chi connectivity index (χ2v) is 8.45. The molecule has 0 saturated heterocycles. The first kappa shape index (κ1) is 22.2. The van der Waals surface area contributed by atoms with Gasteiger partial charge in [0.15, 0.2) is 6.10 Å². The predicted octanol–water partition coefficient (Wildman–Crippen LogP) is 4.17. The Morgan fingerprint density at radius 1 is 1.11 bits per heavy atom. The maximum Gasteiger partial charge on any atom is 0.265 e. The van der Waals surface area contributed by atoms with Crippen molar-refractivity contribution >= 4 is 33.2 Å². The number of nitrogens with zero attached hydrogens (tertiary/aromatic N) is 1. The molecule has 8 heteroatoms. The molecule has 2 aromatic carbocycles. The summed E-state index contributed by atoms with van der Waals surface area (Å²) in [5, 5.41) is 3.28. The molecule has 28 heavy (non-hydrogen) atoms. The van der Waals surface area contributed by atoms with E-state index in [9.17, 15) is 13.2 Å². The van der Waals surface area contributed by atoms with Crippen molar-refractivity contribution in [2.75, 3.05) is 18.4 Å². The summed E-state index contributed by atoms with van der Waals surface area (Å²) in [5.41, 5.74) is 0.497. The molecule has 0 fully saturated rings. The molecule has 0 aliphatic rings. The van der Waals surface area contributed by atoms with E-state index in [1.54, 1.807) is 50.2 Å². The zero-order chi connectivity index (χ0) is 20.7. The lowest BCUT2D eigenvalue weighted by Crippen LogP contribution is -2.32. The van der Waals surface area contributed by atoms with Crippen LogP contribution in [0.1, 0.15) is 27.2 Å². The molecule has 1 amide bonds. The van der Waals surface area contributed by atoms with Crippen LogP contribution in [-0.2, 0) is 14.8 Å². The first-order chi connectivity index (χ1) is 13.3. The molecule has 2 aromatic rings. The lowest BCUT2D eigenvalue weighted by Gasteiger charge is -2.19. The standard InChI is InChI=1S/C20H25ClN2O4S/c1-4-19(27-17-9-7-8-15(21)14-17)20(24)22-16-10-12-18(13-11-16)28(25,26)23(5-2)6-3/h7-14,19H,4-6H2,1-3H3,(H,22,24)/t19-/m0/s1. The van der Waals surface area contributed by atoms with Crippen molar-refractivity contribution in [2.45, 2.75) is 38.2 Å². The van der Waals surface area contributed by atoms with E-state index in [-0.39, 0.29) is 10.8 Å². The molecule has 0 aromatic heterocycles. The van der Waals surface area contributed by atoms with Gasteiger partial charge in [0.25, 0.3) is 5.91 Å². The lowest BCUT2D eigenvalue weighted by molar-refractivity contribution is -0.122. The summed E-state index contributed by atoms with van der Waals surface area (Å²) in [4.78, 5) is 12.7. The van der Waals surface area contributed by atoms with Crippen LogP contribution in [0.5, 0.6) is 5.75 Å². The number of ether oxygens (including phenoxy) is 1. The van der Waals surface area contributed by atoms with Gasteiger partial charge in [-0.15, -0.1) is 0 Å². The van der Waals surface area contributed by atoms with Crippen LogP contribution in [0.4, 0.5) is 5.69 Å². The van der Waals surface area contributed by atoms with Gasteiger partial charge in [0, 0.05) is 23.8 Å². The minimum atomic E-state index is -3.53. The van der Waals surface area contributed by atoms with Crippen LogP contribution in [0.3, 0.4) is 0 Å². The number of hydrogen-bond acceptors (Lipinski definition) is 4. The number of rotatable bonds is 9. The highest BCUT2D eigenvalue weighted by molar-refractivity contribution is 7.89. The number of halogens is 1. The number of benzene rings is 2. The van der Waals surface area contributed by atoms with Crippen LogP contribution < -0.4 is 10.1 Å². The maximum absolute atomic E-state index is 12.5. The average Bonchev–Trinajstić information content (AvgIpc) is 2.67. The normalized spacial score (nSPS) is 12.6. The Bertz CT molecular complexity index is 897. The Balaban J connectivity index is 2.09. The van der Waals surface area contributed by atoms with E-state index in [1.807, 2.05) is 6.92 Å². The van der Waals surface area contributed by atoms with Crippen molar-refractivity contribution in [3.8, 4) is 5.75 Å². The minimum Gasteiger partial charge on any atom is -0.481 e. The molecule has 1 atom stereocenters. The van der Waals surface area contributed by atoms with Crippen LogP contribution in [-0.4, -0.2) is 37.8 Å². The van der Waals surface area contributed by atoms with Gasteiger partial charge >= 0.3 is 0 Å². The van der Waals surface area contributed by atoms with Crippen molar-refractivity contribution in [1.29, 1.82) is 0 Å². The van der Waals surface area contributed by atoms with E-state index in [2.05, 4.69) is 5.32 Å². The Kier molecular flexibility index (Phi) is 7.86. The second kappa shape index (κ2) is 9.91. The Labute approximate surface area is 171 Å². The first-order valence-corrected chi connectivity index (χ1v) is 11.0. The second-order valence-electron chi connectivity index (χ2n) is 6.08. The highest BCUT2D eigenvalue weighted by Gasteiger charge is 2.22. The number of nitrogens with one attached hydrogen (secondary N) is 1. The fourth-order valence-electron chi connectivity index (χ4n) is 2.67. The molecule has 1 N–H and O–H groups in total. The van der Waals surface area contributed by atoms with Gasteiger partial charge in [-0.1, -0.05) is 38.4 Å². The molecule has 2 rings (SSSR count). The Hall–Kier alpha value is -2.09. The summed E-state index contributed by atoms with van der Waals surface area (Å²) >= 11 is 5.94. The third kappa shape index (κ3) is 5.47. The molecule has 0 aliphatic carbocycles. The van der Waals surface area contributed by atoms with Crippen LogP contribution >= 0.6 is 11.6 Å². The van der Waals surface area contributed by atoms with Gasteiger partial charge < -0.3 is 10.1 Å². The molecule has 0 spiro atoms. The van der Waals surface area contributed by atoms with E-state index >= 15 is 0 Å². The van der Waals surface area contributed by atoms with E-state index in [4.69, 9.17) is 16.3 Å². The third-order valence-corrected chi connectivity index (χ3v) is 6.50. The summed E-state index contributed by atoms with van der Waals surface area (Å²) in [5.74, 6) is 0.192. The number of carbonyl (C=O) groups excluding carboxylic acids is 1. The highest BCUT2D eigenvalue weighted by Crippen LogP contribution is 2.21. The van der Waals surface area contributed by atoms with Gasteiger partial charge in [0.1, 0.15) is 5.75 Å². The van der Waals surface area contributed by atoms with Gasteiger partial charge in [-0.3, -0.25) is 4.79 Å². The molecule has 0 saturated carbocycles. The van der Waals surface area contributed by atoms with Gasteiger partial charge in [0.05, 0.1) is 4.90 Å². The van der Waals surface area contributed by atoms with Crippen LogP contribution in [0.15, 0.2) is 53.4 Å². The molecule has 0 unspecified atom stereocenters. The fraction of sp³-hybridized carbons (Fsp3) is 0.350. The fourth-order valence-corrected chi connectivity index (χ4v) is 4.31. The number of amides is 1. The summed E-state index contributed by atoms with van der Waals surface area (Å²) < 4.78 is 32.1. The first-order valence-electron chi connectivity index (χ1n) is 9.15. The minimum absolute atomic E-state index is 0.191. The average molecular weight is 425 g/mol. The molecule has 6 nitrogen and oxygen atoms in total. The summed E-state index contributed by atoms with van der Waals surface area (Å²) in [7, 11) is -3.53. The zero-order valence-electron chi connectivity index (χ0n) is 16.2. The highest BCUT2D eigenvalue weighted by atomic mass is 35.5. The smallest absolute Gasteiger partial charge is 0.265 e. The molecule has 152 valence electrons. The van der Waals surface area contributed by atoms with Crippen LogP contribution in [0.2, 0.25) is 5.02 Å². The Morgan fingerprint density at radius 3 is 2.29 bits per heavy atom. The van der Waals surface area contributed by atoms with E-state index in [0.717, 1.165) is 0 Å². The van der Waals surface area contributed by atoms with E-state index < -0.39 is 16.1 Å². The maximum atomic E-state index is 12.5. The van der Waals surface area contributed by atoms with Gasteiger partial charge in [-0.2, -0.15) is 4.31 Å². The van der Waals surface area contributed by atoms with Gasteiger partial charge in [-0.05, 0) is 48.9 Å². The van der Waals surface area contributed by atoms with Gasteiger partial charge in [0.2, 0.25) is 10.0 Å². The molecule has 0 radical (unpaired) electrons. The van der Waals surface area contributed by atoms with E-state index in [0.29, 0.717) is 36.0 Å². The molecule has 0 heterocycles. The number of carbonyl (C=O) groups is 1. The summed E-state index contributed by atoms with van der Waals surface area (Å²) in [6.07, 6.45) is -0.232. The number of sulfonamides is 1. The molecular formula is C20H25ClN2O4S. The monoisotopic (exact) mass is 424 g/mol. The zero-order valence-corrected chi connectivity index (χ0v) is 17.8. The van der Waals surface area contributed by atoms with Crippen molar-refractivity contribution in [2.24, 2.45) is 0 Å². The van der Waals surface area contributed by atoms with Crippen molar-refractivity contribution in [1.82, 2.24) is 4.31 Å². The van der Waals surface area contributed by atoms with E-state index in [1.165, 1.54) is 16.4 Å². The van der Waals surface area contributed by atoms with Crippen molar-refractivity contribution in [3.63, 3.8) is 0 Å². The number of anilines is 1. The Morgan fingerprint density at radius 2 is 1.75 bits per heavy atom. The van der Waals surface area contributed by atoms with Crippen molar-refractivity contribution < 1.29 is 17.9 Å². The largest absolute Gasteiger partial charge is 0.481 e. The summed E-state index contributed by atoms with van der Waals surface area (Å²) in [6, 6.07) is 13.0. The SMILES string of the molecule is CC[C@H](Oc1cccc(Cl)c1)C(=O)Nc1ccc(S(=O)(=O)N(CC)CC)cc1. The van der Waals surface area contributed by atoms with Crippen molar-refractivity contribution in [3.05, 3.63) is 53.6 Å². The molecular weight excluding hydrogens is 400 g/mol. The summed E-state index contributed by atoms with van der Waals surface area (Å²) in [6.45, 7) is 6.22. The number of hydrogen-bond donors (Lipinski definition) is 1. The van der Waals surface area contributed by atoms with Crippen LogP contribution in [0, 0.1) is 0 Å². The molecule has 0 aliphatic heterocycles. The van der Waals surface area contributed by atoms with Crippen LogP contribution in [0.25, 0.3) is 0 Å². The quantitative estimate of drug-likeness (QED) is 0.655. The lowest BCUT2D eigenvalue weighted by atomic mass is 10.2. The topological polar surface area (TPSA) is 75.7 Å². The predicted molar refractivity (Wildman–Crippen MR) is 111 cm³/mol. The molecule has 0 bridgehead atoms. The van der Waals surface area contributed by atoms with Gasteiger partial charge in [-0.25, -0.2) is 8.42 Å². The third-order valence-electron chi connectivity index (χ3n) is 4.20.